The maximum Gasteiger partial charge on any atom is 0.0897 e. The summed E-state index contributed by atoms with van der Waals surface area (Å²) >= 11 is 1.66. The van der Waals surface area contributed by atoms with Crippen LogP contribution in [0.1, 0.15) is 31.0 Å². The summed E-state index contributed by atoms with van der Waals surface area (Å²) in [6.45, 7) is 6.98. The van der Waals surface area contributed by atoms with Crippen LogP contribution in [0.4, 0.5) is 0 Å². The van der Waals surface area contributed by atoms with E-state index in [0.29, 0.717) is 0 Å². The first-order chi connectivity index (χ1) is 6.59. The quantitative estimate of drug-likeness (QED) is 0.784. The van der Waals surface area contributed by atoms with Gasteiger partial charge in [-0.15, -0.1) is 11.3 Å². The Morgan fingerprint density at radius 2 is 2.36 bits per heavy atom. The van der Waals surface area contributed by atoms with Gasteiger partial charge in [-0.05, 0) is 20.3 Å². The van der Waals surface area contributed by atoms with Crippen molar-refractivity contribution < 1.29 is 5.11 Å². The summed E-state index contributed by atoms with van der Waals surface area (Å²) in [5, 5.41) is 15.6. The number of aliphatic hydroxyl groups is 1. The molecule has 1 rings (SSSR count). The van der Waals surface area contributed by atoms with Gasteiger partial charge in [-0.3, -0.25) is 0 Å². The van der Waals surface area contributed by atoms with E-state index in [-0.39, 0.29) is 12.1 Å². The molecule has 0 saturated heterocycles. The predicted octanol–water partition coefficient (Wildman–Crippen LogP) is 1.70. The van der Waals surface area contributed by atoms with Crippen LogP contribution in [0.3, 0.4) is 0 Å². The van der Waals surface area contributed by atoms with E-state index in [4.69, 9.17) is 0 Å². The smallest absolute Gasteiger partial charge is 0.0897 e. The second-order valence-electron chi connectivity index (χ2n) is 3.78. The molecule has 0 aliphatic heterocycles. The second kappa shape index (κ2) is 4.87. The Morgan fingerprint density at radius 1 is 1.64 bits per heavy atom. The second-order valence-corrected chi connectivity index (χ2v) is 4.85. The van der Waals surface area contributed by atoms with E-state index in [2.05, 4.69) is 22.6 Å². The third kappa shape index (κ3) is 3.04. The molecule has 80 valence electrons. The number of nitrogens with zero attached hydrogens (tertiary/aromatic N) is 1. The summed E-state index contributed by atoms with van der Waals surface area (Å²) in [5.41, 5.74) is 0.873. The van der Waals surface area contributed by atoms with Crippen molar-refractivity contribution in [3.8, 4) is 0 Å². The minimum atomic E-state index is -0.183. The fourth-order valence-electron chi connectivity index (χ4n) is 1.09. The number of thiazole rings is 1. The summed E-state index contributed by atoms with van der Waals surface area (Å²) in [6.07, 6.45) is 0.909. The van der Waals surface area contributed by atoms with Crippen LogP contribution >= 0.6 is 11.3 Å². The molecular weight excluding hydrogens is 196 g/mol. The monoisotopic (exact) mass is 214 g/mol. The topological polar surface area (TPSA) is 45.1 Å². The molecule has 1 heterocycles. The zero-order chi connectivity index (χ0) is 10.6. The first-order valence-electron chi connectivity index (χ1n) is 4.86. The highest BCUT2D eigenvalue weighted by atomic mass is 32.1. The average molecular weight is 214 g/mol. The SMILES string of the molecule is CCC(C)(CO)NCc1csc(C)n1. The Hall–Kier alpha value is -0.450. The van der Waals surface area contributed by atoms with Crippen LogP contribution in [0.5, 0.6) is 0 Å². The maximum atomic E-state index is 9.19. The summed E-state index contributed by atoms with van der Waals surface area (Å²) in [5.74, 6) is 0. The van der Waals surface area contributed by atoms with Crippen molar-refractivity contribution in [2.45, 2.75) is 39.3 Å². The number of nitrogens with one attached hydrogen (secondary N) is 1. The number of aromatic nitrogens is 1. The highest BCUT2D eigenvalue weighted by Gasteiger charge is 2.19. The lowest BCUT2D eigenvalue weighted by molar-refractivity contribution is 0.168. The van der Waals surface area contributed by atoms with Crippen molar-refractivity contribution in [1.29, 1.82) is 0 Å². The normalized spacial score (nSPS) is 15.4. The molecule has 0 amide bonds. The van der Waals surface area contributed by atoms with Crippen molar-refractivity contribution in [2.24, 2.45) is 0 Å². The maximum absolute atomic E-state index is 9.19. The molecule has 2 N–H and O–H groups in total. The van der Waals surface area contributed by atoms with Gasteiger partial charge >= 0.3 is 0 Å². The molecule has 0 spiro atoms. The summed E-state index contributed by atoms with van der Waals surface area (Å²) in [4.78, 5) is 4.36. The lowest BCUT2D eigenvalue weighted by Crippen LogP contribution is -2.44. The van der Waals surface area contributed by atoms with Crippen LogP contribution in [-0.4, -0.2) is 22.2 Å². The predicted molar refractivity (Wildman–Crippen MR) is 59.5 cm³/mol. The molecule has 14 heavy (non-hydrogen) atoms. The molecule has 4 heteroatoms. The number of hydrogen-bond acceptors (Lipinski definition) is 4. The van der Waals surface area contributed by atoms with Gasteiger partial charge in [-0.2, -0.15) is 0 Å². The van der Waals surface area contributed by atoms with Crippen molar-refractivity contribution in [2.75, 3.05) is 6.61 Å². The van der Waals surface area contributed by atoms with Gasteiger partial charge in [0.25, 0.3) is 0 Å². The molecule has 0 bridgehead atoms. The Kier molecular flexibility index (Phi) is 4.04. The van der Waals surface area contributed by atoms with Gasteiger partial charge in [0.2, 0.25) is 0 Å². The van der Waals surface area contributed by atoms with Crippen LogP contribution in [0.15, 0.2) is 5.38 Å². The first-order valence-corrected chi connectivity index (χ1v) is 5.74. The first kappa shape index (κ1) is 11.6. The highest BCUT2D eigenvalue weighted by molar-refractivity contribution is 7.09. The molecule has 0 aliphatic rings. The van der Waals surface area contributed by atoms with E-state index < -0.39 is 0 Å². The Bertz CT molecular complexity index is 281. The van der Waals surface area contributed by atoms with Gasteiger partial charge in [0.1, 0.15) is 0 Å². The van der Waals surface area contributed by atoms with Gasteiger partial charge in [0.05, 0.1) is 17.3 Å². The third-order valence-corrected chi connectivity index (χ3v) is 3.31. The average Bonchev–Trinajstić information content (AvgIpc) is 2.61. The highest BCUT2D eigenvalue weighted by Crippen LogP contribution is 2.11. The molecule has 0 radical (unpaired) electrons. The summed E-state index contributed by atoms with van der Waals surface area (Å²) in [6, 6.07) is 0. The van der Waals surface area contributed by atoms with E-state index in [9.17, 15) is 5.11 Å². The minimum absolute atomic E-state index is 0.159. The Morgan fingerprint density at radius 3 is 2.79 bits per heavy atom. The van der Waals surface area contributed by atoms with Gasteiger partial charge < -0.3 is 10.4 Å². The van der Waals surface area contributed by atoms with E-state index in [0.717, 1.165) is 23.7 Å². The molecule has 0 saturated carbocycles. The lowest BCUT2D eigenvalue weighted by atomic mass is 10.0. The van der Waals surface area contributed by atoms with Crippen LogP contribution in [0, 0.1) is 6.92 Å². The summed E-state index contributed by atoms with van der Waals surface area (Å²) < 4.78 is 0. The van der Waals surface area contributed by atoms with Gasteiger partial charge in [0, 0.05) is 17.5 Å². The standard InChI is InChI=1S/C10H18N2OS/c1-4-10(3,7-13)11-5-9-6-14-8(2)12-9/h6,11,13H,4-5,7H2,1-3H3. The molecule has 1 aromatic heterocycles. The molecular formula is C10H18N2OS. The zero-order valence-electron chi connectivity index (χ0n) is 9.00. The number of rotatable bonds is 5. The molecule has 1 atom stereocenters. The lowest BCUT2D eigenvalue weighted by Gasteiger charge is -2.26. The third-order valence-electron chi connectivity index (χ3n) is 2.49. The van der Waals surface area contributed by atoms with Crippen molar-refractivity contribution >= 4 is 11.3 Å². The number of aliphatic hydroxyl groups excluding tert-OH is 1. The van der Waals surface area contributed by atoms with E-state index in [1.807, 2.05) is 13.8 Å². The largest absolute Gasteiger partial charge is 0.394 e. The molecule has 3 nitrogen and oxygen atoms in total. The van der Waals surface area contributed by atoms with Crippen molar-refractivity contribution in [1.82, 2.24) is 10.3 Å². The van der Waals surface area contributed by atoms with E-state index >= 15 is 0 Å². The van der Waals surface area contributed by atoms with E-state index in [1.54, 1.807) is 11.3 Å². The van der Waals surface area contributed by atoms with Crippen LogP contribution in [0.25, 0.3) is 0 Å². The Balaban J connectivity index is 2.47. The molecule has 0 fully saturated rings. The zero-order valence-corrected chi connectivity index (χ0v) is 9.82. The molecule has 1 aromatic rings. The van der Waals surface area contributed by atoms with Crippen LogP contribution in [-0.2, 0) is 6.54 Å². The Labute approximate surface area is 89.2 Å². The van der Waals surface area contributed by atoms with Crippen molar-refractivity contribution in [3.63, 3.8) is 0 Å². The molecule has 1 unspecified atom stereocenters. The number of hydrogen-bond donors (Lipinski definition) is 2. The minimum Gasteiger partial charge on any atom is -0.394 e. The van der Waals surface area contributed by atoms with Crippen LogP contribution in [0.2, 0.25) is 0 Å². The fraction of sp³-hybridized carbons (Fsp3) is 0.700. The van der Waals surface area contributed by atoms with Crippen LogP contribution < -0.4 is 5.32 Å². The van der Waals surface area contributed by atoms with Gasteiger partial charge in [-0.25, -0.2) is 4.98 Å². The van der Waals surface area contributed by atoms with Crippen molar-refractivity contribution in [3.05, 3.63) is 16.1 Å². The number of aryl methyl sites for hydroxylation is 1. The van der Waals surface area contributed by atoms with E-state index in [1.165, 1.54) is 0 Å². The molecule has 0 aliphatic carbocycles. The summed E-state index contributed by atoms with van der Waals surface area (Å²) in [7, 11) is 0. The van der Waals surface area contributed by atoms with Gasteiger partial charge in [-0.1, -0.05) is 6.92 Å². The molecule has 0 aromatic carbocycles. The fourth-order valence-corrected chi connectivity index (χ4v) is 1.70. The van der Waals surface area contributed by atoms with Gasteiger partial charge in [0.15, 0.2) is 0 Å².